The molecule has 5 nitrogen and oxygen atoms in total. The van der Waals surface area contributed by atoms with Crippen molar-refractivity contribution in [3.05, 3.63) is 34.4 Å². The molecule has 0 fully saturated rings. The highest BCUT2D eigenvalue weighted by Crippen LogP contribution is 2.43. The summed E-state index contributed by atoms with van der Waals surface area (Å²) >= 11 is 0. The van der Waals surface area contributed by atoms with Crippen molar-refractivity contribution in [3.63, 3.8) is 0 Å². The van der Waals surface area contributed by atoms with E-state index >= 15 is 0 Å². The van der Waals surface area contributed by atoms with E-state index in [2.05, 4.69) is 5.32 Å². The van der Waals surface area contributed by atoms with Crippen molar-refractivity contribution in [1.29, 1.82) is 0 Å². The van der Waals surface area contributed by atoms with Gasteiger partial charge in [0.1, 0.15) is 11.5 Å². The Balaban J connectivity index is 2.54. The van der Waals surface area contributed by atoms with Crippen LogP contribution in [0.1, 0.15) is 60.5 Å². The van der Waals surface area contributed by atoms with Crippen LogP contribution >= 0.6 is 0 Å². The number of hydrogen-bond acceptors (Lipinski definition) is 4. The second kappa shape index (κ2) is 6.22. The summed E-state index contributed by atoms with van der Waals surface area (Å²) in [5, 5.41) is 22.9. The second-order valence-electron chi connectivity index (χ2n) is 5.87. The molecule has 1 unspecified atom stereocenters. The van der Waals surface area contributed by atoms with Gasteiger partial charge in [0.2, 0.25) is 5.91 Å². The maximum absolute atomic E-state index is 12.1. The van der Waals surface area contributed by atoms with Crippen LogP contribution in [0.25, 0.3) is 0 Å². The predicted molar refractivity (Wildman–Crippen MR) is 83.0 cm³/mol. The molecule has 0 aliphatic heterocycles. The Kier molecular flexibility index (Phi) is 4.54. The first-order valence-corrected chi connectivity index (χ1v) is 7.36. The van der Waals surface area contributed by atoms with E-state index in [-0.39, 0.29) is 23.0 Å². The summed E-state index contributed by atoms with van der Waals surface area (Å²) in [4.78, 5) is 23.2. The molecule has 1 atom stereocenters. The summed E-state index contributed by atoms with van der Waals surface area (Å²) < 4.78 is 0. The molecule has 0 spiro atoms. The van der Waals surface area contributed by atoms with Gasteiger partial charge in [-0.15, -0.1) is 0 Å². The van der Waals surface area contributed by atoms with Crippen molar-refractivity contribution in [2.45, 2.75) is 46.0 Å². The monoisotopic (exact) mass is 303 g/mol. The standard InChI is InChI=1S/C17H21NO4/c1-9-5-4-6-12(7-9)15-13(20)8-10(2)14(16(15)21)17(22)18-11(3)19/h7-8,12,20-21H,4-6H2,1-3H3,(H,18,19,22). The zero-order valence-corrected chi connectivity index (χ0v) is 13.1. The minimum Gasteiger partial charge on any atom is -0.507 e. The topological polar surface area (TPSA) is 86.6 Å². The van der Waals surface area contributed by atoms with Crippen molar-refractivity contribution < 1.29 is 19.8 Å². The van der Waals surface area contributed by atoms with E-state index in [4.69, 9.17) is 0 Å². The second-order valence-corrected chi connectivity index (χ2v) is 5.87. The number of phenolic OH excluding ortho intramolecular Hbond substituents is 2. The fourth-order valence-electron chi connectivity index (χ4n) is 3.01. The van der Waals surface area contributed by atoms with Crippen molar-refractivity contribution in [3.8, 4) is 11.5 Å². The third-order valence-electron chi connectivity index (χ3n) is 3.97. The number of imide groups is 1. The molecule has 22 heavy (non-hydrogen) atoms. The number of benzene rings is 1. The third kappa shape index (κ3) is 3.13. The van der Waals surface area contributed by atoms with E-state index in [0.717, 1.165) is 19.3 Å². The SMILES string of the molecule is CC(=O)NC(=O)c1c(C)cc(O)c(C2C=C(C)CCC2)c1O. The van der Waals surface area contributed by atoms with Crippen LogP contribution in [0.5, 0.6) is 11.5 Å². The molecule has 0 radical (unpaired) electrons. The molecule has 1 aliphatic carbocycles. The molecule has 0 bridgehead atoms. The van der Waals surface area contributed by atoms with E-state index in [0.29, 0.717) is 11.1 Å². The summed E-state index contributed by atoms with van der Waals surface area (Å²) in [6.45, 7) is 4.86. The minimum absolute atomic E-state index is 0.0228. The van der Waals surface area contributed by atoms with Crippen molar-refractivity contribution in [2.24, 2.45) is 0 Å². The fourth-order valence-corrected chi connectivity index (χ4v) is 3.01. The summed E-state index contributed by atoms with van der Waals surface area (Å²) in [5.74, 6) is -1.54. The van der Waals surface area contributed by atoms with Gasteiger partial charge in [-0.1, -0.05) is 11.6 Å². The number of phenols is 2. The van der Waals surface area contributed by atoms with Crippen LogP contribution in [0, 0.1) is 6.92 Å². The van der Waals surface area contributed by atoms with E-state index in [9.17, 15) is 19.8 Å². The van der Waals surface area contributed by atoms with Crippen molar-refractivity contribution >= 4 is 11.8 Å². The molecule has 3 N–H and O–H groups in total. The van der Waals surface area contributed by atoms with E-state index in [1.54, 1.807) is 6.92 Å². The number of carbonyl (C=O) groups is 2. The summed E-state index contributed by atoms with van der Waals surface area (Å²) in [5.41, 5.74) is 2.03. The van der Waals surface area contributed by atoms with Gasteiger partial charge in [0.25, 0.3) is 5.91 Å². The van der Waals surface area contributed by atoms with Crippen molar-refractivity contribution in [1.82, 2.24) is 5.32 Å². The predicted octanol–water partition coefficient (Wildman–Crippen LogP) is 2.90. The van der Waals surface area contributed by atoms with Crippen LogP contribution in [-0.2, 0) is 4.79 Å². The van der Waals surface area contributed by atoms with E-state index in [1.165, 1.54) is 18.6 Å². The molecular weight excluding hydrogens is 282 g/mol. The van der Waals surface area contributed by atoms with Crippen LogP contribution in [-0.4, -0.2) is 22.0 Å². The quantitative estimate of drug-likeness (QED) is 0.733. The third-order valence-corrected chi connectivity index (χ3v) is 3.97. The Bertz CT molecular complexity index is 661. The maximum Gasteiger partial charge on any atom is 0.261 e. The van der Waals surface area contributed by atoms with Crippen molar-refractivity contribution in [2.75, 3.05) is 0 Å². The molecular formula is C17H21NO4. The molecule has 1 aromatic carbocycles. The Morgan fingerprint density at radius 2 is 1.95 bits per heavy atom. The number of allylic oxidation sites excluding steroid dienone is 2. The lowest BCUT2D eigenvalue weighted by atomic mass is 9.83. The minimum atomic E-state index is -0.653. The summed E-state index contributed by atoms with van der Waals surface area (Å²) in [6.07, 6.45) is 4.78. The Labute approximate surface area is 129 Å². The number of rotatable bonds is 2. The van der Waals surface area contributed by atoms with Gasteiger partial charge in [0.05, 0.1) is 5.56 Å². The molecule has 2 amide bonds. The lowest BCUT2D eigenvalue weighted by molar-refractivity contribution is -0.118. The highest BCUT2D eigenvalue weighted by Gasteiger charge is 2.26. The molecule has 0 aromatic heterocycles. The van der Waals surface area contributed by atoms with Gasteiger partial charge in [-0.05, 0) is 44.7 Å². The van der Waals surface area contributed by atoms with E-state index in [1.807, 2.05) is 13.0 Å². The number of aryl methyl sites for hydroxylation is 1. The van der Waals surface area contributed by atoms with Gasteiger partial charge in [-0.2, -0.15) is 0 Å². The van der Waals surface area contributed by atoms with Gasteiger partial charge in [0.15, 0.2) is 0 Å². The maximum atomic E-state index is 12.1. The number of aromatic hydroxyl groups is 2. The lowest BCUT2D eigenvalue weighted by Crippen LogP contribution is -2.28. The normalized spacial score (nSPS) is 17.8. The van der Waals surface area contributed by atoms with Gasteiger partial charge in [-0.3, -0.25) is 14.9 Å². The van der Waals surface area contributed by atoms with Crippen LogP contribution < -0.4 is 5.32 Å². The largest absolute Gasteiger partial charge is 0.507 e. The molecule has 118 valence electrons. The smallest absolute Gasteiger partial charge is 0.261 e. The van der Waals surface area contributed by atoms with Gasteiger partial charge >= 0.3 is 0 Å². The number of amides is 2. The summed E-state index contributed by atoms with van der Waals surface area (Å²) in [7, 11) is 0. The first kappa shape index (κ1) is 16.1. The highest BCUT2D eigenvalue weighted by atomic mass is 16.3. The number of nitrogens with one attached hydrogen (secondary N) is 1. The zero-order valence-electron chi connectivity index (χ0n) is 13.1. The molecule has 1 aromatic rings. The van der Waals surface area contributed by atoms with Crippen LogP contribution in [0.3, 0.4) is 0 Å². The highest BCUT2D eigenvalue weighted by molar-refractivity contribution is 6.07. The number of carbonyl (C=O) groups excluding carboxylic acids is 2. The molecule has 1 aliphatic rings. The first-order valence-electron chi connectivity index (χ1n) is 7.36. The molecule has 5 heteroatoms. The van der Waals surface area contributed by atoms with Gasteiger partial charge < -0.3 is 10.2 Å². The summed E-state index contributed by atoms with van der Waals surface area (Å²) in [6, 6.07) is 1.46. The zero-order chi connectivity index (χ0) is 16.4. The average Bonchev–Trinajstić information content (AvgIpc) is 2.36. The fraction of sp³-hybridized carbons (Fsp3) is 0.412. The number of hydrogen-bond donors (Lipinski definition) is 3. The van der Waals surface area contributed by atoms with Crippen LogP contribution in [0.4, 0.5) is 0 Å². The molecule has 2 rings (SSSR count). The Morgan fingerprint density at radius 3 is 2.55 bits per heavy atom. The van der Waals surface area contributed by atoms with Crippen LogP contribution in [0.2, 0.25) is 0 Å². The molecule has 0 saturated heterocycles. The van der Waals surface area contributed by atoms with E-state index < -0.39 is 11.8 Å². The lowest BCUT2D eigenvalue weighted by Gasteiger charge is -2.23. The average molecular weight is 303 g/mol. The first-order chi connectivity index (χ1) is 10.3. The van der Waals surface area contributed by atoms with Gasteiger partial charge in [0, 0.05) is 18.4 Å². The Hall–Kier alpha value is -2.30. The molecule has 0 saturated carbocycles. The molecule has 0 heterocycles. The van der Waals surface area contributed by atoms with Crippen LogP contribution in [0.15, 0.2) is 17.7 Å². The van der Waals surface area contributed by atoms with Gasteiger partial charge in [-0.25, -0.2) is 0 Å². The Morgan fingerprint density at radius 1 is 1.27 bits per heavy atom.